The number of amides is 2. The molecule has 0 saturated carbocycles. The van der Waals surface area contributed by atoms with Crippen molar-refractivity contribution in [2.24, 2.45) is 0 Å². The SMILES string of the molecule is CC(=O)Nc1ccc(NC(=O)c2cc(F)c(F)cc2Cl)cc1Cl. The molecule has 0 heterocycles. The van der Waals surface area contributed by atoms with Gasteiger partial charge in [-0.25, -0.2) is 8.78 Å². The first kappa shape index (κ1) is 17.2. The normalized spacial score (nSPS) is 10.3. The zero-order valence-corrected chi connectivity index (χ0v) is 13.2. The van der Waals surface area contributed by atoms with E-state index < -0.39 is 17.5 Å². The number of carbonyl (C=O) groups excluding carboxylic acids is 2. The Bertz CT molecular complexity index is 797. The lowest BCUT2D eigenvalue weighted by Gasteiger charge is -2.10. The van der Waals surface area contributed by atoms with Crippen LogP contribution in [0, 0.1) is 11.6 Å². The smallest absolute Gasteiger partial charge is 0.257 e. The summed E-state index contributed by atoms with van der Waals surface area (Å²) < 4.78 is 26.2. The van der Waals surface area contributed by atoms with Crippen LogP contribution in [0.4, 0.5) is 20.2 Å². The van der Waals surface area contributed by atoms with Crippen molar-refractivity contribution in [1.82, 2.24) is 0 Å². The second-order valence-electron chi connectivity index (χ2n) is 4.58. The minimum atomic E-state index is -1.18. The van der Waals surface area contributed by atoms with Gasteiger partial charge in [0.1, 0.15) is 0 Å². The van der Waals surface area contributed by atoms with Crippen LogP contribution < -0.4 is 10.6 Å². The second-order valence-corrected chi connectivity index (χ2v) is 5.39. The summed E-state index contributed by atoms with van der Waals surface area (Å²) in [4.78, 5) is 23.1. The molecule has 0 spiro atoms. The third-order valence-corrected chi connectivity index (χ3v) is 3.42. The maximum atomic E-state index is 13.2. The lowest BCUT2D eigenvalue weighted by molar-refractivity contribution is -0.114. The van der Waals surface area contributed by atoms with Gasteiger partial charge in [-0.1, -0.05) is 23.2 Å². The summed E-state index contributed by atoms with van der Waals surface area (Å²) >= 11 is 11.7. The molecule has 2 rings (SSSR count). The molecular formula is C15H10Cl2F2N2O2. The Balaban J connectivity index is 2.22. The number of hydrogen-bond acceptors (Lipinski definition) is 2. The summed E-state index contributed by atoms with van der Waals surface area (Å²) in [7, 11) is 0. The standard InChI is InChI=1S/C15H10Cl2F2N2O2/c1-7(22)20-14-3-2-8(4-11(14)17)21-15(23)9-5-12(18)13(19)6-10(9)16/h2-6H,1H3,(H,20,22)(H,21,23). The van der Waals surface area contributed by atoms with Crippen LogP contribution in [-0.2, 0) is 4.79 Å². The minimum Gasteiger partial charge on any atom is -0.325 e. The second kappa shape index (κ2) is 6.93. The highest BCUT2D eigenvalue weighted by molar-refractivity contribution is 6.35. The fraction of sp³-hybridized carbons (Fsp3) is 0.0667. The van der Waals surface area contributed by atoms with Gasteiger partial charge in [0.2, 0.25) is 5.91 Å². The molecule has 0 fully saturated rings. The van der Waals surface area contributed by atoms with Crippen molar-refractivity contribution in [2.75, 3.05) is 10.6 Å². The van der Waals surface area contributed by atoms with E-state index in [1.54, 1.807) is 0 Å². The van der Waals surface area contributed by atoms with E-state index in [2.05, 4.69) is 10.6 Å². The van der Waals surface area contributed by atoms with Crippen LogP contribution >= 0.6 is 23.2 Å². The van der Waals surface area contributed by atoms with E-state index in [0.29, 0.717) is 17.4 Å². The van der Waals surface area contributed by atoms with E-state index >= 15 is 0 Å². The fourth-order valence-electron chi connectivity index (χ4n) is 1.78. The van der Waals surface area contributed by atoms with Crippen molar-refractivity contribution < 1.29 is 18.4 Å². The number of nitrogens with one attached hydrogen (secondary N) is 2. The number of halogens is 4. The lowest BCUT2D eigenvalue weighted by atomic mass is 10.2. The van der Waals surface area contributed by atoms with Crippen LogP contribution in [0.1, 0.15) is 17.3 Å². The monoisotopic (exact) mass is 358 g/mol. The Morgan fingerprint density at radius 3 is 2.22 bits per heavy atom. The summed E-state index contributed by atoms with van der Waals surface area (Å²) in [5.41, 5.74) is 0.463. The quantitative estimate of drug-likeness (QED) is 0.794. The van der Waals surface area contributed by atoms with Crippen LogP contribution in [0.2, 0.25) is 10.0 Å². The van der Waals surface area contributed by atoms with Gasteiger partial charge < -0.3 is 10.6 Å². The van der Waals surface area contributed by atoms with E-state index in [9.17, 15) is 18.4 Å². The van der Waals surface area contributed by atoms with Gasteiger partial charge in [0.05, 0.1) is 21.3 Å². The fourth-order valence-corrected chi connectivity index (χ4v) is 2.24. The summed E-state index contributed by atoms with van der Waals surface area (Å²) in [6.07, 6.45) is 0. The van der Waals surface area contributed by atoms with Gasteiger partial charge in [-0.15, -0.1) is 0 Å². The van der Waals surface area contributed by atoms with Gasteiger partial charge in [-0.05, 0) is 30.3 Å². The van der Waals surface area contributed by atoms with Crippen molar-refractivity contribution >= 4 is 46.4 Å². The predicted molar refractivity (Wildman–Crippen MR) is 85.1 cm³/mol. The highest BCUT2D eigenvalue weighted by Gasteiger charge is 2.15. The highest BCUT2D eigenvalue weighted by Crippen LogP contribution is 2.27. The number of rotatable bonds is 3. The average Bonchev–Trinajstić information content (AvgIpc) is 2.45. The molecule has 0 aliphatic heterocycles. The van der Waals surface area contributed by atoms with Crippen molar-refractivity contribution in [1.29, 1.82) is 0 Å². The van der Waals surface area contributed by atoms with Gasteiger partial charge in [0.15, 0.2) is 11.6 Å². The minimum absolute atomic E-state index is 0.203. The van der Waals surface area contributed by atoms with Crippen molar-refractivity contribution in [2.45, 2.75) is 6.92 Å². The largest absolute Gasteiger partial charge is 0.325 e. The molecule has 2 aromatic carbocycles. The first-order chi connectivity index (χ1) is 10.8. The van der Waals surface area contributed by atoms with E-state index in [1.807, 2.05) is 0 Å². The van der Waals surface area contributed by atoms with Gasteiger partial charge in [0, 0.05) is 12.6 Å². The number of carbonyl (C=O) groups is 2. The molecule has 0 saturated heterocycles. The van der Waals surface area contributed by atoms with Crippen LogP contribution in [-0.4, -0.2) is 11.8 Å². The Kier molecular flexibility index (Phi) is 5.18. The molecule has 4 nitrogen and oxygen atoms in total. The zero-order chi connectivity index (χ0) is 17.1. The maximum absolute atomic E-state index is 13.2. The topological polar surface area (TPSA) is 58.2 Å². The molecule has 23 heavy (non-hydrogen) atoms. The van der Waals surface area contributed by atoms with Crippen LogP contribution in [0.25, 0.3) is 0 Å². The van der Waals surface area contributed by atoms with Gasteiger partial charge in [0.25, 0.3) is 5.91 Å². The molecule has 2 aromatic rings. The Hall–Kier alpha value is -2.18. The highest BCUT2D eigenvalue weighted by atomic mass is 35.5. The molecule has 2 amide bonds. The summed E-state index contributed by atoms with van der Waals surface area (Å²) in [6, 6.07) is 5.81. The summed E-state index contributed by atoms with van der Waals surface area (Å²) in [5, 5.41) is 4.95. The molecule has 2 N–H and O–H groups in total. The van der Waals surface area contributed by atoms with E-state index in [1.165, 1.54) is 25.1 Å². The van der Waals surface area contributed by atoms with Crippen molar-refractivity contribution in [3.63, 3.8) is 0 Å². The molecule has 0 aliphatic carbocycles. The molecule has 0 aliphatic rings. The average molecular weight is 359 g/mol. The maximum Gasteiger partial charge on any atom is 0.257 e. The summed E-state index contributed by atoms with van der Waals surface area (Å²) in [6.45, 7) is 1.33. The summed E-state index contributed by atoms with van der Waals surface area (Å²) in [5.74, 6) is -3.35. The zero-order valence-electron chi connectivity index (χ0n) is 11.7. The number of benzene rings is 2. The molecule has 8 heteroatoms. The first-order valence-electron chi connectivity index (χ1n) is 6.31. The molecule has 0 atom stereocenters. The van der Waals surface area contributed by atoms with Gasteiger partial charge >= 0.3 is 0 Å². The van der Waals surface area contributed by atoms with E-state index in [0.717, 1.165) is 6.07 Å². The molecule has 120 valence electrons. The molecule has 0 bridgehead atoms. The van der Waals surface area contributed by atoms with E-state index in [-0.39, 0.29) is 21.5 Å². The Labute approximate surface area is 140 Å². The van der Waals surface area contributed by atoms with Gasteiger partial charge in [-0.3, -0.25) is 9.59 Å². The molecule has 0 aromatic heterocycles. The molecule has 0 radical (unpaired) electrons. The molecule has 0 unspecified atom stereocenters. The van der Waals surface area contributed by atoms with Gasteiger partial charge in [-0.2, -0.15) is 0 Å². The first-order valence-corrected chi connectivity index (χ1v) is 7.06. The third kappa shape index (κ3) is 4.18. The van der Waals surface area contributed by atoms with Crippen molar-refractivity contribution in [3.05, 3.63) is 57.6 Å². The Morgan fingerprint density at radius 1 is 0.957 bits per heavy atom. The number of anilines is 2. The molecular weight excluding hydrogens is 349 g/mol. The van der Waals surface area contributed by atoms with Crippen LogP contribution in [0.5, 0.6) is 0 Å². The third-order valence-electron chi connectivity index (χ3n) is 2.79. The van der Waals surface area contributed by atoms with E-state index in [4.69, 9.17) is 23.2 Å². The van der Waals surface area contributed by atoms with Crippen LogP contribution in [0.15, 0.2) is 30.3 Å². The van der Waals surface area contributed by atoms with Crippen molar-refractivity contribution in [3.8, 4) is 0 Å². The lowest BCUT2D eigenvalue weighted by Crippen LogP contribution is -2.13. The number of hydrogen-bond donors (Lipinski definition) is 2. The van der Waals surface area contributed by atoms with Crippen LogP contribution in [0.3, 0.4) is 0 Å². The Morgan fingerprint density at radius 2 is 1.61 bits per heavy atom. The predicted octanol–water partition coefficient (Wildman–Crippen LogP) is 4.48.